The quantitative estimate of drug-likeness (QED) is 0.902. The third-order valence-corrected chi connectivity index (χ3v) is 2.51. The Bertz CT molecular complexity index is 453. The zero-order valence-electron chi connectivity index (χ0n) is 10.0. The minimum absolute atomic E-state index is 0.174. The minimum Gasteiger partial charge on any atom is -0.490 e. The molecule has 18 heavy (non-hydrogen) atoms. The predicted molar refractivity (Wildman–Crippen MR) is 60.0 cm³/mol. The largest absolute Gasteiger partial charge is 0.490 e. The first-order valence-electron chi connectivity index (χ1n) is 5.21. The van der Waals surface area contributed by atoms with Crippen molar-refractivity contribution in [3.8, 4) is 11.8 Å². The Morgan fingerprint density at radius 2 is 1.94 bits per heavy atom. The van der Waals surface area contributed by atoms with Gasteiger partial charge in [-0.25, -0.2) is 0 Å². The second kappa shape index (κ2) is 5.27. The van der Waals surface area contributed by atoms with E-state index in [1.54, 1.807) is 14.0 Å². The van der Waals surface area contributed by atoms with Gasteiger partial charge in [0.15, 0.2) is 0 Å². The van der Waals surface area contributed by atoms with E-state index in [2.05, 4.69) is 5.32 Å². The third kappa shape index (κ3) is 3.37. The van der Waals surface area contributed by atoms with Crippen LogP contribution in [0.4, 0.5) is 13.2 Å². The number of nitriles is 1. The van der Waals surface area contributed by atoms with Gasteiger partial charge in [-0.3, -0.25) is 5.32 Å². The summed E-state index contributed by atoms with van der Waals surface area (Å²) < 4.78 is 43.1. The standard InChI is InChI=1S/C12H13F3N2O/c1-11(7-16,17-2)8-18-10-6-4-3-5-9(10)12(13,14)15/h3-6,17H,8H2,1-2H3. The first kappa shape index (κ1) is 14.3. The van der Waals surface area contributed by atoms with E-state index in [0.29, 0.717) is 0 Å². The Kier molecular flexibility index (Phi) is 4.19. The highest BCUT2D eigenvalue weighted by atomic mass is 19.4. The molecule has 98 valence electrons. The van der Waals surface area contributed by atoms with Crippen LogP contribution in [0.25, 0.3) is 0 Å². The van der Waals surface area contributed by atoms with Crippen LogP contribution in [0.1, 0.15) is 12.5 Å². The van der Waals surface area contributed by atoms with E-state index in [9.17, 15) is 13.2 Å². The topological polar surface area (TPSA) is 45.0 Å². The Morgan fingerprint density at radius 1 is 1.33 bits per heavy atom. The molecule has 1 unspecified atom stereocenters. The van der Waals surface area contributed by atoms with Gasteiger partial charge in [0.25, 0.3) is 0 Å². The molecule has 3 nitrogen and oxygen atoms in total. The first-order valence-corrected chi connectivity index (χ1v) is 5.21. The summed E-state index contributed by atoms with van der Waals surface area (Å²) in [6.45, 7) is 1.37. The van der Waals surface area contributed by atoms with Crippen LogP contribution in [0.15, 0.2) is 24.3 Å². The molecule has 0 aliphatic heterocycles. The maximum Gasteiger partial charge on any atom is 0.419 e. The number of likely N-dealkylation sites (N-methyl/N-ethyl adjacent to an activating group) is 1. The highest BCUT2D eigenvalue weighted by Crippen LogP contribution is 2.36. The van der Waals surface area contributed by atoms with Crippen LogP contribution >= 0.6 is 0 Å². The fourth-order valence-corrected chi connectivity index (χ4v) is 1.21. The number of hydrogen-bond donors (Lipinski definition) is 1. The first-order chi connectivity index (χ1) is 8.32. The van der Waals surface area contributed by atoms with Crippen molar-refractivity contribution in [2.75, 3.05) is 13.7 Å². The van der Waals surface area contributed by atoms with E-state index in [1.807, 2.05) is 6.07 Å². The minimum atomic E-state index is -4.47. The van der Waals surface area contributed by atoms with Crippen molar-refractivity contribution in [1.29, 1.82) is 5.26 Å². The third-order valence-electron chi connectivity index (χ3n) is 2.51. The maximum atomic E-state index is 12.7. The summed E-state index contributed by atoms with van der Waals surface area (Å²) in [7, 11) is 1.54. The molecular weight excluding hydrogens is 245 g/mol. The van der Waals surface area contributed by atoms with Crippen molar-refractivity contribution < 1.29 is 17.9 Å². The van der Waals surface area contributed by atoms with Crippen molar-refractivity contribution in [2.24, 2.45) is 0 Å². The van der Waals surface area contributed by atoms with E-state index in [4.69, 9.17) is 10.00 Å². The van der Waals surface area contributed by atoms with Gasteiger partial charge in [-0.15, -0.1) is 0 Å². The van der Waals surface area contributed by atoms with Gasteiger partial charge in [0.1, 0.15) is 17.9 Å². The molecule has 0 amide bonds. The van der Waals surface area contributed by atoms with Gasteiger partial charge < -0.3 is 4.74 Å². The molecule has 1 N–H and O–H groups in total. The molecule has 1 aromatic carbocycles. The zero-order chi connectivity index (χ0) is 13.8. The lowest BCUT2D eigenvalue weighted by atomic mass is 10.1. The van der Waals surface area contributed by atoms with Gasteiger partial charge in [-0.05, 0) is 26.1 Å². The summed E-state index contributed by atoms with van der Waals surface area (Å²) >= 11 is 0. The summed E-state index contributed by atoms with van der Waals surface area (Å²) in [4.78, 5) is 0. The van der Waals surface area contributed by atoms with E-state index in [0.717, 1.165) is 6.07 Å². The Hall–Kier alpha value is -1.74. The van der Waals surface area contributed by atoms with E-state index in [1.165, 1.54) is 18.2 Å². The molecule has 1 rings (SSSR count). The number of nitrogens with zero attached hydrogens (tertiary/aromatic N) is 1. The molecule has 0 fully saturated rings. The van der Waals surface area contributed by atoms with Crippen LogP contribution in [-0.4, -0.2) is 19.2 Å². The maximum absolute atomic E-state index is 12.7. The Morgan fingerprint density at radius 3 is 2.44 bits per heavy atom. The van der Waals surface area contributed by atoms with Crippen LogP contribution < -0.4 is 10.1 Å². The molecule has 0 saturated carbocycles. The van der Waals surface area contributed by atoms with Crippen LogP contribution in [0.2, 0.25) is 0 Å². The van der Waals surface area contributed by atoms with Gasteiger partial charge in [0.2, 0.25) is 0 Å². The number of halogens is 3. The summed E-state index contributed by atoms with van der Waals surface area (Å²) in [5, 5.41) is 11.6. The van der Waals surface area contributed by atoms with Crippen molar-refractivity contribution in [2.45, 2.75) is 18.6 Å². The highest BCUT2D eigenvalue weighted by molar-refractivity contribution is 5.35. The van der Waals surface area contributed by atoms with Gasteiger partial charge in [-0.1, -0.05) is 12.1 Å². The number of rotatable bonds is 4. The number of benzene rings is 1. The van der Waals surface area contributed by atoms with Crippen LogP contribution in [-0.2, 0) is 6.18 Å². The smallest absolute Gasteiger partial charge is 0.419 e. The van der Waals surface area contributed by atoms with Crippen LogP contribution in [0.5, 0.6) is 5.75 Å². The summed E-state index contributed by atoms with van der Waals surface area (Å²) in [5.41, 5.74) is -1.87. The van der Waals surface area contributed by atoms with Gasteiger partial charge in [0.05, 0.1) is 11.6 Å². The van der Waals surface area contributed by atoms with Gasteiger partial charge in [0, 0.05) is 0 Å². The molecular formula is C12H13F3N2O. The fourth-order valence-electron chi connectivity index (χ4n) is 1.21. The summed E-state index contributed by atoms with van der Waals surface area (Å²) in [6.07, 6.45) is -4.47. The normalized spacial score (nSPS) is 14.7. The Balaban J connectivity index is 2.90. The van der Waals surface area contributed by atoms with Crippen molar-refractivity contribution in [3.63, 3.8) is 0 Å². The summed E-state index contributed by atoms with van der Waals surface area (Å²) in [5.74, 6) is -0.276. The number of alkyl halides is 3. The summed E-state index contributed by atoms with van der Waals surface area (Å²) in [6, 6.07) is 6.86. The number of para-hydroxylation sites is 1. The van der Waals surface area contributed by atoms with E-state index >= 15 is 0 Å². The SMILES string of the molecule is CNC(C)(C#N)COc1ccccc1C(F)(F)F. The molecule has 0 saturated heterocycles. The number of nitrogens with one attached hydrogen (secondary N) is 1. The number of ether oxygens (including phenoxy) is 1. The molecule has 0 radical (unpaired) electrons. The fraction of sp³-hybridized carbons (Fsp3) is 0.417. The van der Waals surface area contributed by atoms with Crippen molar-refractivity contribution >= 4 is 0 Å². The molecule has 1 atom stereocenters. The monoisotopic (exact) mass is 258 g/mol. The lowest BCUT2D eigenvalue weighted by molar-refractivity contribution is -0.139. The molecule has 0 bridgehead atoms. The van der Waals surface area contributed by atoms with E-state index in [-0.39, 0.29) is 12.4 Å². The molecule has 6 heteroatoms. The molecule has 0 aliphatic rings. The molecule has 0 heterocycles. The van der Waals surface area contributed by atoms with Crippen LogP contribution in [0, 0.1) is 11.3 Å². The average molecular weight is 258 g/mol. The molecule has 0 spiro atoms. The molecule has 0 aliphatic carbocycles. The van der Waals surface area contributed by atoms with Crippen molar-refractivity contribution in [1.82, 2.24) is 5.32 Å². The zero-order valence-corrected chi connectivity index (χ0v) is 10.0. The second-order valence-electron chi connectivity index (χ2n) is 3.98. The lowest BCUT2D eigenvalue weighted by Crippen LogP contribution is -2.43. The highest BCUT2D eigenvalue weighted by Gasteiger charge is 2.34. The molecule has 1 aromatic rings. The predicted octanol–water partition coefficient (Wildman–Crippen LogP) is 2.59. The number of hydrogen-bond acceptors (Lipinski definition) is 3. The Labute approximate surface area is 103 Å². The average Bonchev–Trinajstić information content (AvgIpc) is 2.35. The van der Waals surface area contributed by atoms with Gasteiger partial charge in [-0.2, -0.15) is 18.4 Å². The van der Waals surface area contributed by atoms with Crippen LogP contribution in [0.3, 0.4) is 0 Å². The van der Waals surface area contributed by atoms with Crippen molar-refractivity contribution in [3.05, 3.63) is 29.8 Å². The van der Waals surface area contributed by atoms with E-state index < -0.39 is 17.3 Å². The van der Waals surface area contributed by atoms with Gasteiger partial charge >= 0.3 is 6.18 Å². The molecule has 0 aromatic heterocycles. The lowest BCUT2D eigenvalue weighted by Gasteiger charge is -2.22. The second-order valence-corrected chi connectivity index (χ2v) is 3.98.